The predicted octanol–water partition coefficient (Wildman–Crippen LogP) is 6.16. The Morgan fingerprint density at radius 1 is 0.870 bits per heavy atom. The van der Waals surface area contributed by atoms with E-state index in [4.69, 9.17) is 9.60 Å². The second-order valence-electron chi connectivity index (χ2n) is 5.81. The van der Waals surface area contributed by atoms with Crippen LogP contribution in [0.1, 0.15) is 46.0 Å². The van der Waals surface area contributed by atoms with E-state index in [9.17, 15) is 0 Å². The van der Waals surface area contributed by atoms with Gasteiger partial charge in [0.15, 0.2) is 0 Å². The molecule has 0 saturated heterocycles. The normalized spacial score (nSPS) is 17.0. The SMILES string of the molecule is [2H]C([2H])([2H])c1cc(-c2cccc(-c3cc(C([2H])(C)C)ccn3)c2)cc(C([2H])([2H])[2H])c1. The van der Waals surface area contributed by atoms with Gasteiger partial charge < -0.3 is 0 Å². The van der Waals surface area contributed by atoms with Gasteiger partial charge >= 0.3 is 0 Å². The molecule has 23 heavy (non-hydrogen) atoms. The minimum Gasteiger partial charge on any atom is -0.256 e. The first kappa shape index (κ1) is 9.02. The topological polar surface area (TPSA) is 12.9 Å². The van der Waals surface area contributed by atoms with E-state index < -0.39 is 19.6 Å². The van der Waals surface area contributed by atoms with Crippen molar-refractivity contribution < 1.29 is 9.60 Å². The molecule has 116 valence electrons. The highest BCUT2D eigenvalue weighted by Gasteiger charge is 2.06. The highest BCUT2D eigenvalue weighted by atomic mass is 14.7. The number of pyridine rings is 1. The molecule has 0 aliphatic rings. The van der Waals surface area contributed by atoms with Crippen LogP contribution in [0.15, 0.2) is 60.8 Å². The van der Waals surface area contributed by atoms with Gasteiger partial charge in [0, 0.05) is 21.4 Å². The van der Waals surface area contributed by atoms with Crippen molar-refractivity contribution in [2.24, 2.45) is 0 Å². The maximum absolute atomic E-state index is 8.24. The van der Waals surface area contributed by atoms with Crippen LogP contribution < -0.4 is 0 Å². The Balaban J connectivity index is 2.13. The molecule has 1 aromatic heterocycles. The van der Waals surface area contributed by atoms with Crippen molar-refractivity contribution in [3.63, 3.8) is 0 Å². The van der Waals surface area contributed by atoms with Crippen molar-refractivity contribution in [1.29, 1.82) is 0 Å². The first-order chi connectivity index (χ1) is 13.7. The molecule has 0 aliphatic heterocycles. The standard InChI is InChI=1S/C22H23N/c1-15(2)18-8-9-23-22(14-18)20-7-5-6-19(13-20)21-11-16(3)10-17(4)12-21/h5-15H,1-4H3/i3D3,4D3,15D. The number of aromatic nitrogens is 1. The number of hydrogen-bond donors (Lipinski definition) is 0. The third kappa shape index (κ3) is 3.50. The summed E-state index contributed by atoms with van der Waals surface area (Å²) in [5.74, 6) is -0.766. The van der Waals surface area contributed by atoms with Crippen LogP contribution in [0.25, 0.3) is 22.4 Å². The van der Waals surface area contributed by atoms with E-state index in [1.165, 1.54) is 18.2 Å². The zero-order valence-corrected chi connectivity index (χ0v) is 13.2. The summed E-state index contributed by atoms with van der Waals surface area (Å²) in [6, 6.07) is 15.3. The van der Waals surface area contributed by atoms with Crippen LogP contribution in [0.2, 0.25) is 0 Å². The molecular formula is C22H23N. The number of benzene rings is 2. The lowest BCUT2D eigenvalue weighted by Crippen LogP contribution is -1.91. The van der Waals surface area contributed by atoms with Crippen LogP contribution in [0.5, 0.6) is 0 Å². The summed E-state index contributed by atoms with van der Waals surface area (Å²) >= 11 is 0. The third-order valence-electron chi connectivity index (χ3n) is 3.76. The molecule has 0 radical (unpaired) electrons. The Morgan fingerprint density at radius 2 is 1.61 bits per heavy atom. The second-order valence-corrected chi connectivity index (χ2v) is 5.81. The molecule has 0 aliphatic carbocycles. The molecule has 0 unspecified atom stereocenters. The van der Waals surface area contributed by atoms with Crippen molar-refractivity contribution in [3.8, 4) is 22.4 Å². The zero-order valence-electron chi connectivity index (χ0n) is 20.2. The van der Waals surface area contributed by atoms with Crippen LogP contribution in [0.4, 0.5) is 0 Å². The van der Waals surface area contributed by atoms with E-state index in [1.807, 2.05) is 36.4 Å². The van der Waals surface area contributed by atoms with E-state index in [1.54, 1.807) is 20.0 Å². The highest BCUT2D eigenvalue weighted by molar-refractivity contribution is 5.72. The molecule has 3 aromatic rings. The van der Waals surface area contributed by atoms with E-state index >= 15 is 0 Å². The van der Waals surface area contributed by atoms with E-state index in [0.29, 0.717) is 16.8 Å². The molecule has 0 atom stereocenters. The molecule has 0 spiro atoms. The van der Waals surface area contributed by atoms with Gasteiger partial charge in [-0.05, 0) is 54.5 Å². The van der Waals surface area contributed by atoms with Crippen molar-refractivity contribution in [3.05, 3.63) is 77.5 Å². The largest absolute Gasteiger partial charge is 0.256 e. The Hall–Kier alpha value is -2.41. The summed E-state index contributed by atoms with van der Waals surface area (Å²) in [5.41, 5.74) is 3.52. The van der Waals surface area contributed by atoms with Crippen LogP contribution in [-0.4, -0.2) is 4.98 Å². The molecule has 2 aromatic carbocycles. The van der Waals surface area contributed by atoms with Crippen molar-refractivity contribution in [1.82, 2.24) is 4.98 Å². The molecule has 0 amide bonds. The summed E-state index contributed by atoms with van der Waals surface area (Å²) in [4.78, 5) is 4.41. The Kier molecular flexibility index (Phi) is 2.50. The van der Waals surface area contributed by atoms with Crippen molar-refractivity contribution in [2.45, 2.75) is 33.4 Å². The van der Waals surface area contributed by atoms with E-state index in [2.05, 4.69) is 4.98 Å². The molecule has 1 heterocycles. The van der Waals surface area contributed by atoms with Gasteiger partial charge in [0.1, 0.15) is 0 Å². The van der Waals surface area contributed by atoms with Crippen molar-refractivity contribution >= 4 is 0 Å². The van der Waals surface area contributed by atoms with Crippen LogP contribution in [0.3, 0.4) is 0 Å². The first-order valence-corrected chi connectivity index (χ1v) is 7.48. The molecule has 3 rings (SSSR count). The Bertz CT molecular complexity index is 1030. The van der Waals surface area contributed by atoms with Crippen LogP contribution in [-0.2, 0) is 0 Å². The van der Waals surface area contributed by atoms with Gasteiger partial charge in [-0.3, -0.25) is 4.98 Å². The van der Waals surface area contributed by atoms with Crippen molar-refractivity contribution in [2.75, 3.05) is 0 Å². The molecular weight excluding hydrogens is 278 g/mol. The lowest BCUT2D eigenvalue weighted by atomic mass is 9.97. The molecule has 0 fully saturated rings. The molecule has 0 N–H and O–H groups in total. The van der Waals surface area contributed by atoms with Gasteiger partial charge in [-0.2, -0.15) is 0 Å². The fraction of sp³-hybridized carbons (Fsp3) is 0.227. The van der Waals surface area contributed by atoms with Crippen LogP contribution in [0, 0.1) is 13.7 Å². The van der Waals surface area contributed by atoms with Gasteiger partial charge in [-0.1, -0.05) is 61.4 Å². The highest BCUT2D eigenvalue weighted by Crippen LogP contribution is 2.28. The number of rotatable bonds is 3. The maximum Gasteiger partial charge on any atom is 0.0705 e. The number of nitrogens with zero attached hydrogens (tertiary/aromatic N) is 1. The van der Waals surface area contributed by atoms with E-state index in [0.717, 1.165) is 11.1 Å². The summed E-state index contributed by atoms with van der Waals surface area (Å²) in [7, 11) is 0. The lowest BCUT2D eigenvalue weighted by Gasteiger charge is -2.10. The molecule has 0 saturated carbocycles. The number of aryl methyl sites for hydroxylation is 2. The fourth-order valence-electron chi connectivity index (χ4n) is 2.55. The monoisotopic (exact) mass is 308 g/mol. The minimum absolute atomic E-state index is 0.00685. The van der Waals surface area contributed by atoms with Gasteiger partial charge in [-0.25, -0.2) is 0 Å². The number of hydrogen-bond acceptors (Lipinski definition) is 1. The van der Waals surface area contributed by atoms with Crippen LogP contribution >= 0.6 is 0 Å². The fourth-order valence-corrected chi connectivity index (χ4v) is 2.55. The quantitative estimate of drug-likeness (QED) is 0.565. The first-order valence-electron chi connectivity index (χ1n) is 11.0. The van der Waals surface area contributed by atoms with Gasteiger partial charge in [0.2, 0.25) is 0 Å². The predicted molar refractivity (Wildman–Crippen MR) is 98.7 cm³/mol. The Labute approximate surface area is 148 Å². The van der Waals surface area contributed by atoms with Gasteiger partial charge in [0.05, 0.1) is 5.69 Å². The third-order valence-corrected chi connectivity index (χ3v) is 3.76. The lowest BCUT2D eigenvalue weighted by molar-refractivity contribution is 0.864. The smallest absolute Gasteiger partial charge is 0.0705 e. The van der Waals surface area contributed by atoms with E-state index in [-0.39, 0.29) is 11.1 Å². The average molecular weight is 308 g/mol. The summed E-state index contributed by atoms with van der Waals surface area (Å²) in [6.45, 7) is -1.22. The average Bonchev–Trinajstić information content (AvgIpc) is 2.66. The molecule has 1 heteroatoms. The van der Waals surface area contributed by atoms with Gasteiger partial charge in [-0.15, -0.1) is 0 Å². The summed E-state index contributed by atoms with van der Waals surface area (Å²) < 4.78 is 54.5. The van der Waals surface area contributed by atoms with Gasteiger partial charge in [0.25, 0.3) is 0 Å². The molecule has 1 nitrogen and oxygen atoms in total. The Morgan fingerprint density at radius 3 is 2.30 bits per heavy atom. The maximum atomic E-state index is 8.24. The minimum atomic E-state index is -2.41. The summed E-state index contributed by atoms with van der Waals surface area (Å²) in [5, 5.41) is 0. The summed E-state index contributed by atoms with van der Waals surface area (Å²) in [6.07, 6.45) is 1.66. The molecule has 0 bridgehead atoms. The second kappa shape index (κ2) is 6.37. The zero-order chi connectivity index (χ0) is 22.3.